The van der Waals surface area contributed by atoms with Crippen molar-refractivity contribution in [2.24, 2.45) is 17.1 Å². The third-order valence-electron chi connectivity index (χ3n) is 7.35. The van der Waals surface area contributed by atoms with Crippen LogP contribution < -0.4 is 11.1 Å². The van der Waals surface area contributed by atoms with Gasteiger partial charge in [-0.1, -0.05) is 18.2 Å². The van der Waals surface area contributed by atoms with E-state index in [0.717, 1.165) is 42.9 Å². The number of imide groups is 1. The molecule has 5 rings (SSSR count). The van der Waals surface area contributed by atoms with Crippen molar-refractivity contribution in [3.63, 3.8) is 0 Å². The highest BCUT2D eigenvalue weighted by molar-refractivity contribution is 6.05. The summed E-state index contributed by atoms with van der Waals surface area (Å²) < 4.78 is 0. The summed E-state index contributed by atoms with van der Waals surface area (Å²) in [6.07, 6.45) is 4.37. The highest BCUT2D eigenvalue weighted by Gasteiger charge is 2.45. The molecule has 0 aromatic heterocycles. The molecule has 4 aliphatic rings. The minimum Gasteiger partial charge on any atom is -0.330 e. The number of nitrogens with zero attached hydrogens (tertiary/aromatic N) is 2. The maximum Gasteiger partial charge on any atom is 0.255 e. The van der Waals surface area contributed by atoms with Gasteiger partial charge in [0.15, 0.2) is 0 Å². The Hall–Kier alpha value is -2.25. The molecule has 3 fully saturated rings. The molecule has 7 nitrogen and oxygen atoms in total. The first-order valence-electron chi connectivity index (χ1n) is 10.7. The number of hydrogen-bond acceptors (Lipinski definition) is 5. The quantitative estimate of drug-likeness (QED) is 0.741. The molecule has 154 valence electrons. The van der Waals surface area contributed by atoms with Crippen LogP contribution in [0.3, 0.4) is 0 Å². The highest BCUT2D eigenvalue weighted by atomic mass is 16.2. The van der Waals surface area contributed by atoms with Crippen LogP contribution in [-0.2, 0) is 22.7 Å². The first-order valence-corrected chi connectivity index (χ1v) is 10.7. The van der Waals surface area contributed by atoms with E-state index in [-0.39, 0.29) is 29.6 Å². The minimum absolute atomic E-state index is 0.0846. The molecule has 3 atom stereocenters. The van der Waals surface area contributed by atoms with Crippen LogP contribution in [0, 0.1) is 11.3 Å². The molecule has 3 unspecified atom stereocenters. The smallest absolute Gasteiger partial charge is 0.255 e. The van der Waals surface area contributed by atoms with Gasteiger partial charge in [-0.15, -0.1) is 0 Å². The largest absolute Gasteiger partial charge is 0.330 e. The van der Waals surface area contributed by atoms with Gasteiger partial charge in [0.25, 0.3) is 5.91 Å². The maximum absolute atomic E-state index is 13.3. The molecule has 0 radical (unpaired) electrons. The zero-order valence-corrected chi connectivity index (χ0v) is 16.7. The Morgan fingerprint density at radius 3 is 2.86 bits per heavy atom. The fourth-order valence-electron chi connectivity index (χ4n) is 5.96. The summed E-state index contributed by atoms with van der Waals surface area (Å²) >= 11 is 0. The topological polar surface area (TPSA) is 95.7 Å². The molecular formula is C22H28N4O3. The number of benzene rings is 1. The average molecular weight is 396 g/mol. The normalized spacial score (nSPS) is 31.9. The number of nitrogens with one attached hydrogen (secondary N) is 1. The van der Waals surface area contributed by atoms with Crippen LogP contribution >= 0.6 is 0 Å². The molecule has 2 bridgehead atoms. The summed E-state index contributed by atoms with van der Waals surface area (Å²) in [7, 11) is 0. The summed E-state index contributed by atoms with van der Waals surface area (Å²) in [5.41, 5.74) is 9.12. The van der Waals surface area contributed by atoms with E-state index < -0.39 is 6.04 Å². The van der Waals surface area contributed by atoms with E-state index in [9.17, 15) is 14.4 Å². The lowest BCUT2D eigenvalue weighted by molar-refractivity contribution is -0.136. The van der Waals surface area contributed by atoms with Crippen LogP contribution in [0.5, 0.6) is 0 Å². The number of likely N-dealkylation sites (tertiary alicyclic amines) is 1. The predicted molar refractivity (Wildman–Crippen MR) is 107 cm³/mol. The van der Waals surface area contributed by atoms with Gasteiger partial charge in [0, 0.05) is 38.2 Å². The Morgan fingerprint density at radius 2 is 2.07 bits per heavy atom. The second kappa shape index (κ2) is 6.92. The first kappa shape index (κ1) is 18.8. The van der Waals surface area contributed by atoms with E-state index in [4.69, 9.17) is 5.73 Å². The van der Waals surface area contributed by atoms with Crippen molar-refractivity contribution in [1.29, 1.82) is 0 Å². The van der Waals surface area contributed by atoms with Crippen molar-refractivity contribution in [1.82, 2.24) is 15.1 Å². The summed E-state index contributed by atoms with van der Waals surface area (Å²) in [6.45, 7) is 3.97. The van der Waals surface area contributed by atoms with Gasteiger partial charge >= 0.3 is 0 Å². The molecule has 1 aromatic carbocycles. The maximum atomic E-state index is 13.3. The number of nitrogens with two attached hydrogens (primary N) is 1. The number of hydrogen-bond donors (Lipinski definition) is 2. The predicted octanol–water partition coefficient (Wildman–Crippen LogP) is 1.01. The van der Waals surface area contributed by atoms with Gasteiger partial charge in [0.05, 0.1) is 0 Å². The van der Waals surface area contributed by atoms with Crippen LogP contribution in [0.1, 0.15) is 53.6 Å². The van der Waals surface area contributed by atoms with Crippen LogP contribution in [0.2, 0.25) is 0 Å². The van der Waals surface area contributed by atoms with Crippen LogP contribution in [0.25, 0.3) is 0 Å². The average Bonchev–Trinajstić information content (AvgIpc) is 3.19. The van der Waals surface area contributed by atoms with Crippen molar-refractivity contribution in [3.05, 3.63) is 34.9 Å². The lowest BCUT2D eigenvalue weighted by Gasteiger charge is -2.40. The molecule has 29 heavy (non-hydrogen) atoms. The van der Waals surface area contributed by atoms with E-state index >= 15 is 0 Å². The third kappa shape index (κ3) is 3.16. The molecule has 1 aliphatic carbocycles. The molecule has 3 N–H and O–H groups in total. The first-order chi connectivity index (χ1) is 14.0. The molecule has 7 heteroatoms. The van der Waals surface area contributed by atoms with Gasteiger partial charge < -0.3 is 10.6 Å². The Kier molecular flexibility index (Phi) is 4.47. The van der Waals surface area contributed by atoms with Gasteiger partial charge in [-0.25, -0.2) is 0 Å². The highest BCUT2D eigenvalue weighted by Crippen LogP contribution is 2.46. The van der Waals surface area contributed by atoms with Gasteiger partial charge in [0.2, 0.25) is 11.8 Å². The Balaban J connectivity index is 1.37. The summed E-state index contributed by atoms with van der Waals surface area (Å²) in [6, 6.07) is 5.46. The SMILES string of the molecule is NCC12CCC(CN(Cc3cccc4c3C(=O)N(C3CCC(=O)NC3=O)C4)C1)C2. The number of carbonyl (C=O) groups excluding carboxylic acids is 3. The molecule has 1 saturated carbocycles. The fourth-order valence-corrected chi connectivity index (χ4v) is 5.96. The second-order valence-electron chi connectivity index (χ2n) is 9.33. The van der Waals surface area contributed by atoms with E-state index in [1.807, 2.05) is 18.2 Å². The molecule has 1 aromatic rings. The zero-order valence-electron chi connectivity index (χ0n) is 16.7. The summed E-state index contributed by atoms with van der Waals surface area (Å²) in [5.74, 6) is 0.00413. The van der Waals surface area contributed by atoms with Gasteiger partial charge in [-0.05, 0) is 54.7 Å². The van der Waals surface area contributed by atoms with Crippen molar-refractivity contribution >= 4 is 17.7 Å². The Labute approximate surface area is 170 Å². The molecule has 3 amide bonds. The van der Waals surface area contributed by atoms with Crippen LogP contribution in [-0.4, -0.2) is 53.2 Å². The minimum atomic E-state index is -0.563. The lowest BCUT2D eigenvalue weighted by atomic mass is 9.82. The number of carbonyl (C=O) groups is 3. The van der Waals surface area contributed by atoms with Crippen molar-refractivity contribution in [3.8, 4) is 0 Å². The number of amides is 3. The number of piperidine rings is 2. The lowest BCUT2D eigenvalue weighted by Crippen LogP contribution is -2.52. The Bertz CT molecular complexity index is 885. The van der Waals surface area contributed by atoms with Crippen LogP contribution in [0.15, 0.2) is 18.2 Å². The van der Waals surface area contributed by atoms with Crippen molar-refractivity contribution in [2.45, 2.75) is 51.2 Å². The summed E-state index contributed by atoms with van der Waals surface area (Å²) in [5, 5.41) is 2.37. The van der Waals surface area contributed by atoms with Crippen LogP contribution in [0.4, 0.5) is 0 Å². The molecular weight excluding hydrogens is 368 g/mol. The molecule has 3 aliphatic heterocycles. The number of fused-ring (bicyclic) bond motifs is 3. The Morgan fingerprint density at radius 1 is 1.21 bits per heavy atom. The van der Waals surface area contributed by atoms with E-state index in [1.165, 1.54) is 19.3 Å². The third-order valence-corrected chi connectivity index (χ3v) is 7.35. The van der Waals surface area contributed by atoms with E-state index in [2.05, 4.69) is 10.2 Å². The van der Waals surface area contributed by atoms with Gasteiger partial charge in [0.1, 0.15) is 6.04 Å². The fraction of sp³-hybridized carbons (Fsp3) is 0.591. The summed E-state index contributed by atoms with van der Waals surface area (Å²) in [4.78, 5) is 41.1. The van der Waals surface area contributed by atoms with Gasteiger partial charge in [-0.3, -0.25) is 24.6 Å². The zero-order chi connectivity index (χ0) is 20.2. The number of rotatable bonds is 4. The standard InChI is InChI=1S/C22H28N4O3/c23-12-22-7-6-14(8-22)9-25(13-22)10-15-2-1-3-16-11-26(21(29)19(15)16)17-4-5-18(27)24-20(17)28/h1-3,14,17H,4-13,23H2,(H,24,27,28). The van der Waals surface area contributed by atoms with Gasteiger partial charge in [-0.2, -0.15) is 0 Å². The van der Waals surface area contributed by atoms with E-state index in [0.29, 0.717) is 18.9 Å². The van der Waals surface area contributed by atoms with E-state index in [1.54, 1.807) is 4.90 Å². The van der Waals surface area contributed by atoms with Crippen molar-refractivity contribution in [2.75, 3.05) is 19.6 Å². The molecule has 2 saturated heterocycles. The van der Waals surface area contributed by atoms with Crippen molar-refractivity contribution < 1.29 is 14.4 Å². The molecule has 3 heterocycles. The monoisotopic (exact) mass is 396 g/mol. The molecule has 0 spiro atoms. The second-order valence-corrected chi connectivity index (χ2v) is 9.33.